The first kappa shape index (κ1) is 12.0. The minimum Gasteiger partial charge on any atom is -0.337 e. The summed E-state index contributed by atoms with van der Waals surface area (Å²) >= 11 is 0. The molecular formula is C13H19N3O. The van der Waals surface area contributed by atoms with E-state index in [9.17, 15) is 4.79 Å². The quantitative estimate of drug-likeness (QED) is 0.745. The summed E-state index contributed by atoms with van der Waals surface area (Å²) < 4.78 is 0. The number of aromatic nitrogens is 2. The summed E-state index contributed by atoms with van der Waals surface area (Å²) in [6.07, 6.45) is 2.31. The maximum Gasteiger partial charge on any atom is 0.272 e. The number of likely N-dealkylation sites (tertiary alicyclic amines) is 1. The molecule has 4 heteroatoms. The zero-order valence-electron chi connectivity index (χ0n) is 10.7. The molecule has 0 bridgehead atoms. The van der Waals surface area contributed by atoms with Crippen molar-refractivity contribution in [1.82, 2.24) is 14.9 Å². The third-order valence-corrected chi connectivity index (χ3v) is 3.13. The van der Waals surface area contributed by atoms with E-state index < -0.39 is 0 Å². The Morgan fingerprint density at radius 2 is 2.18 bits per heavy atom. The van der Waals surface area contributed by atoms with Crippen LogP contribution in [-0.2, 0) is 0 Å². The van der Waals surface area contributed by atoms with Crippen LogP contribution in [-0.4, -0.2) is 33.9 Å². The van der Waals surface area contributed by atoms with Crippen LogP contribution in [0.25, 0.3) is 0 Å². The molecule has 1 amide bonds. The summed E-state index contributed by atoms with van der Waals surface area (Å²) in [6, 6.07) is 1.77. The van der Waals surface area contributed by atoms with Crippen LogP contribution in [0.15, 0.2) is 6.07 Å². The van der Waals surface area contributed by atoms with E-state index in [0.717, 1.165) is 25.2 Å². The predicted molar refractivity (Wildman–Crippen MR) is 65.8 cm³/mol. The fourth-order valence-electron chi connectivity index (χ4n) is 2.36. The van der Waals surface area contributed by atoms with Gasteiger partial charge in [0.1, 0.15) is 11.5 Å². The Labute approximate surface area is 102 Å². The molecule has 1 aliphatic heterocycles. The van der Waals surface area contributed by atoms with Crippen molar-refractivity contribution in [1.29, 1.82) is 0 Å². The zero-order valence-corrected chi connectivity index (χ0v) is 10.7. The Bertz CT molecular complexity index is 410. The van der Waals surface area contributed by atoms with E-state index in [-0.39, 0.29) is 5.91 Å². The van der Waals surface area contributed by atoms with Crippen molar-refractivity contribution in [2.75, 3.05) is 13.1 Å². The summed E-state index contributed by atoms with van der Waals surface area (Å²) in [5, 5.41) is 0. The van der Waals surface area contributed by atoms with Crippen LogP contribution in [0, 0.1) is 19.8 Å². The molecule has 2 heterocycles. The standard InChI is InChI=1S/C13H19N3O/c1-9-5-4-6-16(8-9)13(17)12-7-10(2)14-11(3)15-12/h7,9H,4-6,8H2,1-3H3. The number of piperidine rings is 1. The third kappa shape index (κ3) is 2.81. The van der Waals surface area contributed by atoms with Gasteiger partial charge in [-0.25, -0.2) is 9.97 Å². The molecule has 1 saturated heterocycles. The van der Waals surface area contributed by atoms with E-state index in [2.05, 4.69) is 16.9 Å². The van der Waals surface area contributed by atoms with Gasteiger partial charge in [-0.1, -0.05) is 6.92 Å². The van der Waals surface area contributed by atoms with Crippen molar-refractivity contribution < 1.29 is 4.79 Å². The smallest absolute Gasteiger partial charge is 0.272 e. The number of carbonyl (C=O) groups is 1. The monoisotopic (exact) mass is 233 g/mol. The highest BCUT2D eigenvalue weighted by Gasteiger charge is 2.23. The summed E-state index contributed by atoms with van der Waals surface area (Å²) in [6.45, 7) is 7.61. The Hall–Kier alpha value is -1.45. The number of rotatable bonds is 1. The highest BCUT2D eigenvalue weighted by atomic mass is 16.2. The Kier molecular flexibility index (Phi) is 3.41. The van der Waals surface area contributed by atoms with Gasteiger partial charge in [-0.3, -0.25) is 4.79 Å². The molecule has 1 atom stereocenters. The first-order chi connectivity index (χ1) is 8.06. The number of carbonyl (C=O) groups excluding carboxylic acids is 1. The van der Waals surface area contributed by atoms with E-state index in [1.165, 1.54) is 6.42 Å². The van der Waals surface area contributed by atoms with Gasteiger partial charge in [0, 0.05) is 18.8 Å². The maximum atomic E-state index is 12.3. The molecule has 1 aliphatic rings. The lowest BCUT2D eigenvalue weighted by molar-refractivity contribution is 0.0676. The van der Waals surface area contributed by atoms with Crippen LogP contribution in [0.2, 0.25) is 0 Å². The Balaban J connectivity index is 2.18. The summed E-state index contributed by atoms with van der Waals surface area (Å²) in [7, 11) is 0. The van der Waals surface area contributed by atoms with E-state index in [0.29, 0.717) is 17.4 Å². The molecule has 0 saturated carbocycles. The molecule has 0 aromatic carbocycles. The van der Waals surface area contributed by atoms with Gasteiger partial charge in [-0.2, -0.15) is 0 Å². The van der Waals surface area contributed by atoms with E-state index in [4.69, 9.17) is 0 Å². The fraction of sp³-hybridized carbons (Fsp3) is 0.615. The van der Waals surface area contributed by atoms with Crippen molar-refractivity contribution in [3.8, 4) is 0 Å². The molecule has 1 aromatic rings. The van der Waals surface area contributed by atoms with Crippen molar-refractivity contribution in [3.05, 3.63) is 23.3 Å². The molecule has 4 nitrogen and oxygen atoms in total. The van der Waals surface area contributed by atoms with Gasteiger partial charge in [0.2, 0.25) is 0 Å². The van der Waals surface area contributed by atoms with Gasteiger partial charge >= 0.3 is 0 Å². The third-order valence-electron chi connectivity index (χ3n) is 3.13. The van der Waals surface area contributed by atoms with Crippen LogP contribution in [0.1, 0.15) is 41.8 Å². The van der Waals surface area contributed by atoms with Gasteiger partial charge in [-0.05, 0) is 38.7 Å². The van der Waals surface area contributed by atoms with Crippen molar-refractivity contribution in [2.24, 2.45) is 5.92 Å². The number of aryl methyl sites for hydroxylation is 2. The first-order valence-electron chi connectivity index (χ1n) is 6.18. The highest BCUT2D eigenvalue weighted by Crippen LogP contribution is 2.17. The number of hydrogen-bond donors (Lipinski definition) is 0. The summed E-state index contributed by atoms with van der Waals surface area (Å²) in [5.74, 6) is 1.31. The predicted octanol–water partition coefficient (Wildman–Crippen LogP) is 1.97. The average molecular weight is 233 g/mol. The SMILES string of the molecule is Cc1cc(C(=O)N2CCCC(C)C2)nc(C)n1. The molecule has 0 aliphatic carbocycles. The zero-order chi connectivity index (χ0) is 12.4. The van der Waals surface area contributed by atoms with Crippen molar-refractivity contribution >= 4 is 5.91 Å². The van der Waals surface area contributed by atoms with E-state index in [1.807, 2.05) is 18.7 Å². The highest BCUT2D eigenvalue weighted by molar-refractivity contribution is 5.92. The molecule has 0 spiro atoms. The molecule has 17 heavy (non-hydrogen) atoms. The number of amides is 1. The lowest BCUT2D eigenvalue weighted by Crippen LogP contribution is -2.39. The molecule has 1 aromatic heterocycles. The van der Waals surface area contributed by atoms with E-state index in [1.54, 1.807) is 6.07 Å². The molecule has 1 unspecified atom stereocenters. The number of nitrogens with zero attached hydrogens (tertiary/aromatic N) is 3. The van der Waals surface area contributed by atoms with Gasteiger partial charge in [-0.15, -0.1) is 0 Å². The lowest BCUT2D eigenvalue weighted by atomic mass is 10.00. The molecular weight excluding hydrogens is 214 g/mol. The molecule has 92 valence electrons. The lowest BCUT2D eigenvalue weighted by Gasteiger charge is -2.30. The average Bonchev–Trinajstić information content (AvgIpc) is 2.26. The second-order valence-corrected chi connectivity index (χ2v) is 4.94. The van der Waals surface area contributed by atoms with Crippen molar-refractivity contribution in [3.63, 3.8) is 0 Å². The normalized spacial score (nSPS) is 20.4. The van der Waals surface area contributed by atoms with Crippen LogP contribution < -0.4 is 0 Å². The summed E-state index contributed by atoms with van der Waals surface area (Å²) in [5.41, 5.74) is 1.38. The summed E-state index contributed by atoms with van der Waals surface area (Å²) in [4.78, 5) is 22.6. The fourth-order valence-corrected chi connectivity index (χ4v) is 2.36. The maximum absolute atomic E-state index is 12.3. The second-order valence-electron chi connectivity index (χ2n) is 4.94. The van der Waals surface area contributed by atoms with Crippen LogP contribution in [0.4, 0.5) is 0 Å². The van der Waals surface area contributed by atoms with Gasteiger partial charge in [0.25, 0.3) is 5.91 Å². The topological polar surface area (TPSA) is 46.1 Å². The minimum absolute atomic E-state index is 0.0464. The second kappa shape index (κ2) is 4.82. The first-order valence-corrected chi connectivity index (χ1v) is 6.18. The molecule has 0 N–H and O–H groups in total. The van der Waals surface area contributed by atoms with Gasteiger partial charge in [0.15, 0.2) is 0 Å². The van der Waals surface area contributed by atoms with Crippen LogP contribution in [0.5, 0.6) is 0 Å². The molecule has 2 rings (SSSR count). The molecule has 0 radical (unpaired) electrons. The number of hydrogen-bond acceptors (Lipinski definition) is 3. The van der Waals surface area contributed by atoms with E-state index >= 15 is 0 Å². The van der Waals surface area contributed by atoms with Crippen molar-refractivity contribution in [2.45, 2.75) is 33.6 Å². The molecule has 1 fully saturated rings. The van der Waals surface area contributed by atoms with Crippen LogP contribution >= 0.6 is 0 Å². The van der Waals surface area contributed by atoms with Gasteiger partial charge < -0.3 is 4.90 Å². The Morgan fingerprint density at radius 1 is 1.41 bits per heavy atom. The largest absolute Gasteiger partial charge is 0.337 e. The Morgan fingerprint density at radius 3 is 2.82 bits per heavy atom. The van der Waals surface area contributed by atoms with Gasteiger partial charge in [0.05, 0.1) is 0 Å². The van der Waals surface area contributed by atoms with Crippen LogP contribution in [0.3, 0.4) is 0 Å². The minimum atomic E-state index is 0.0464.